The van der Waals surface area contributed by atoms with Gasteiger partial charge in [0.15, 0.2) is 0 Å². The van der Waals surface area contributed by atoms with Crippen LogP contribution in [-0.2, 0) is 6.42 Å². The molecular formula is C12H21NSi. The van der Waals surface area contributed by atoms with Crippen molar-refractivity contribution in [3.63, 3.8) is 0 Å². The monoisotopic (exact) mass is 207 g/mol. The predicted molar refractivity (Wildman–Crippen MR) is 66.8 cm³/mol. The van der Waals surface area contributed by atoms with E-state index in [1.54, 1.807) is 0 Å². The van der Waals surface area contributed by atoms with Crippen molar-refractivity contribution in [2.45, 2.75) is 32.5 Å². The van der Waals surface area contributed by atoms with Gasteiger partial charge in [-0.3, -0.25) is 0 Å². The first-order valence-corrected chi connectivity index (χ1v) is 8.83. The van der Waals surface area contributed by atoms with E-state index in [4.69, 9.17) is 5.73 Å². The lowest BCUT2D eigenvalue weighted by molar-refractivity contribution is 0.833. The molecule has 0 aliphatic carbocycles. The molecule has 14 heavy (non-hydrogen) atoms. The number of nitrogens with two attached hydrogens (primary N) is 1. The molecule has 0 saturated carbocycles. The highest BCUT2D eigenvalue weighted by molar-refractivity contribution is 6.88. The van der Waals surface area contributed by atoms with E-state index in [0.717, 1.165) is 19.4 Å². The van der Waals surface area contributed by atoms with E-state index in [1.165, 1.54) is 10.8 Å². The molecule has 1 aromatic rings. The van der Waals surface area contributed by atoms with Crippen LogP contribution in [-0.4, -0.2) is 14.6 Å². The van der Waals surface area contributed by atoms with E-state index in [2.05, 4.69) is 43.9 Å². The summed E-state index contributed by atoms with van der Waals surface area (Å²) in [5.41, 5.74) is 6.90. The Kier molecular flexibility index (Phi) is 3.90. The van der Waals surface area contributed by atoms with Gasteiger partial charge in [-0.05, 0) is 24.9 Å². The summed E-state index contributed by atoms with van der Waals surface area (Å²) in [6, 6.07) is 9.09. The summed E-state index contributed by atoms with van der Waals surface area (Å²) in [5, 5.41) is 1.54. The summed E-state index contributed by atoms with van der Waals surface area (Å²) in [6.45, 7) is 7.92. The van der Waals surface area contributed by atoms with Gasteiger partial charge in [0, 0.05) is 0 Å². The number of hydrogen-bond donors (Lipinski definition) is 1. The third kappa shape index (κ3) is 3.27. The third-order valence-electron chi connectivity index (χ3n) is 2.49. The molecule has 0 spiro atoms. The van der Waals surface area contributed by atoms with Gasteiger partial charge in [0.25, 0.3) is 0 Å². The summed E-state index contributed by atoms with van der Waals surface area (Å²) < 4.78 is 0. The molecule has 2 N–H and O–H groups in total. The fourth-order valence-corrected chi connectivity index (χ4v) is 2.64. The molecule has 2 heteroatoms. The zero-order valence-corrected chi connectivity index (χ0v) is 10.5. The Balaban J connectivity index is 2.69. The zero-order valence-electron chi connectivity index (χ0n) is 9.51. The summed E-state index contributed by atoms with van der Waals surface area (Å²) in [4.78, 5) is 0. The summed E-state index contributed by atoms with van der Waals surface area (Å²) in [6.07, 6.45) is 2.20. The van der Waals surface area contributed by atoms with Gasteiger partial charge < -0.3 is 5.73 Å². The fraction of sp³-hybridized carbons (Fsp3) is 0.500. The van der Waals surface area contributed by atoms with Crippen LogP contribution in [0.15, 0.2) is 24.3 Å². The Hall–Kier alpha value is -0.603. The molecule has 0 saturated heterocycles. The van der Waals surface area contributed by atoms with Crippen LogP contribution < -0.4 is 10.9 Å². The first-order chi connectivity index (χ1) is 6.54. The lowest BCUT2D eigenvalue weighted by Crippen LogP contribution is -2.37. The maximum absolute atomic E-state index is 5.48. The normalized spacial score (nSPS) is 11.7. The van der Waals surface area contributed by atoms with Gasteiger partial charge in [0.2, 0.25) is 0 Å². The molecule has 0 bridgehead atoms. The van der Waals surface area contributed by atoms with Crippen LogP contribution in [0.3, 0.4) is 0 Å². The second-order valence-corrected chi connectivity index (χ2v) is 9.92. The predicted octanol–water partition coefficient (Wildman–Crippen LogP) is 2.12. The van der Waals surface area contributed by atoms with Crippen molar-refractivity contribution in [1.29, 1.82) is 0 Å². The number of rotatable bonds is 4. The van der Waals surface area contributed by atoms with E-state index in [-0.39, 0.29) is 0 Å². The first-order valence-electron chi connectivity index (χ1n) is 5.33. The van der Waals surface area contributed by atoms with Crippen molar-refractivity contribution in [1.82, 2.24) is 0 Å². The molecule has 0 aliphatic rings. The van der Waals surface area contributed by atoms with Gasteiger partial charge in [0.1, 0.15) is 0 Å². The van der Waals surface area contributed by atoms with Crippen molar-refractivity contribution in [3.8, 4) is 0 Å². The Morgan fingerprint density at radius 1 is 1.07 bits per heavy atom. The minimum Gasteiger partial charge on any atom is -0.330 e. The molecule has 0 radical (unpaired) electrons. The van der Waals surface area contributed by atoms with Crippen molar-refractivity contribution in [3.05, 3.63) is 29.8 Å². The summed E-state index contributed by atoms with van der Waals surface area (Å²) in [7, 11) is -1.11. The molecule has 1 aromatic carbocycles. The summed E-state index contributed by atoms with van der Waals surface area (Å²) >= 11 is 0. The Morgan fingerprint density at radius 2 is 1.64 bits per heavy atom. The smallest absolute Gasteiger partial charge is 0.0775 e. The van der Waals surface area contributed by atoms with Crippen LogP contribution in [0.2, 0.25) is 19.6 Å². The van der Waals surface area contributed by atoms with Crippen molar-refractivity contribution >= 4 is 13.3 Å². The highest BCUT2D eigenvalue weighted by Gasteiger charge is 2.15. The minimum absolute atomic E-state index is 0.787. The molecule has 0 aliphatic heterocycles. The molecule has 78 valence electrons. The van der Waals surface area contributed by atoms with Crippen molar-refractivity contribution in [2.24, 2.45) is 5.73 Å². The average Bonchev–Trinajstić information content (AvgIpc) is 2.14. The Labute approximate surface area is 88.3 Å². The quantitative estimate of drug-likeness (QED) is 0.752. The minimum atomic E-state index is -1.11. The van der Waals surface area contributed by atoms with Gasteiger partial charge in [-0.15, -0.1) is 0 Å². The van der Waals surface area contributed by atoms with E-state index < -0.39 is 8.07 Å². The Bertz CT molecular complexity index is 271. The highest BCUT2D eigenvalue weighted by atomic mass is 28.3. The largest absolute Gasteiger partial charge is 0.330 e. The van der Waals surface area contributed by atoms with E-state index in [9.17, 15) is 0 Å². The number of benzene rings is 1. The number of aryl methyl sites for hydroxylation is 1. The van der Waals surface area contributed by atoms with E-state index in [0.29, 0.717) is 0 Å². The highest BCUT2D eigenvalue weighted by Crippen LogP contribution is 2.05. The van der Waals surface area contributed by atoms with Crippen LogP contribution in [0.1, 0.15) is 12.0 Å². The molecular weight excluding hydrogens is 186 g/mol. The van der Waals surface area contributed by atoms with Crippen LogP contribution in [0, 0.1) is 0 Å². The summed E-state index contributed by atoms with van der Waals surface area (Å²) in [5.74, 6) is 0. The molecule has 0 unspecified atom stereocenters. The molecule has 0 fully saturated rings. The maximum Gasteiger partial charge on any atom is 0.0775 e. The molecule has 0 amide bonds. The molecule has 0 atom stereocenters. The van der Waals surface area contributed by atoms with Gasteiger partial charge >= 0.3 is 0 Å². The van der Waals surface area contributed by atoms with Gasteiger partial charge in [-0.2, -0.15) is 0 Å². The number of hydrogen-bond acceptors (Lipinski definition) is 1. The van der Waals surface area contributed by atoms with Crippen LogP contribution in [0.4, 0.5) is 0 Å². The SMILES string of the molecule is C[Si](C)(C)c1ccc(CCCN)cc1. The van der Waals surface area contributed by atoms with Crippen LogP contribution in [0.25, 0.3) is 0 Å². The van der Waals surface area contributed by atoms with Crippen molar-refractivity contribution < 1.29 is 0 Å². The van der Waals surface area contributed by atoms with E-state index in [1.807, 2.05) is 0 Å². The van der Waals surface area contributed by atoms with Gasteiger partial charge in [0.05, 0.1) is 8.07 Å². The third-order valence-corrected chi connectivity index (χ3v) is 4.55. The topological polar surface area (TPSA) is 26.0 Å². The average molecular weight is 207 g/mol. The Morgan fingerprint density at radius 3 is 2.07 bits per heavy atom. The molecule has 0 heterocycles. The fourth-order valence-electron chi connectivity index (χ4n) is 1.48. The van der Waals surface area contributed by atoms with Crippen LogP contribution in [0.5, 0.6) is 0 Å². The second kappa shape index (κ2) is 4.76. The second-order valence-electron chi connectivity index (χ2n) is 4.84. The van der Waals surface area contributed by atoms with Crippen LogP contribution >= 0.6 is 0 Å². The first kappa shape index (κ1) is 11.5. The molecule has 0 aromatic heterocycles. The molecule has 1 nitrogen and oxygen atoms in total. The van der Waals surface area contributed by atoms with Gasteiger partial charge in [-0.25, -0.2) is 0 Å². The lowest BCUT2D eigenvalue weighted by atomic mass is 10.1. The van der Waals surface area contributed by atoms with E-state index >= 15 is 0 Å². The zero-order chi connectivity index (χ0) is 10.6. The maximum atomic E-state index is 5.48. The van der Waals surface area contributed by atoms with Crippen molar-refractivity contribution in [2.75, 3.05) is 6.54 Å². The van der Waals surface area contributed by atoms with Gasteiger partial charge in [-0.1, -0.05) is 49.1 Å². The lowest BCUT2D eigenvalue weighted by Gasteiger charge is -2.16. The standard InChI is InChI=1S/C12H21NSi/c1-14(2,3)12-8-6-11(7-9-12)5-4-10-13/h6-9H,4-5,10,13H2,1-3H3. The molecule has 1 rings (SSSR count).